The second-order valence-electron chi connectivity index (χ2n) is 6.73. The zero-order valence-corrected chi connectivity index (χ0v) is 16.4. The van der Waals surface area contributed by atoms with Crippen LogP contribution in [0.3, 0.4) is 0 Å². The van der Waals surface area contributed by atoms with Gasteiger partial charge in [-0.05, 0) is 43.2 Å². The standard InChI is InChI=1S/C21H23N5O3/c1-3-28-13-15-5-4-14(2)17(10-15)25-20-24-12-18(29-20)16-6-7-19(23-11-16)26-9-8-22-21(26)27/h4-7,10-12H,3,8-9,13H2,1-2H3,(H,22,27)(H,24,25). The number of urea groups is 1. The molecule has 0 saturated carbocycles. The van der Waals surface area contributed by atoms with E-state index in [-0.39, 0.29) is 6.03 Å². The Kier molecular flexibility index (Phi) is 5.44. The number of aryl methyl sites for hydroxylation is 1. The van der Waals surface area contributed by atoms with Crippen LogP contribution in [0.1, 0.15) is 18.1 Å². The highest BCUT2D eigenvalue weighted by Gasteiger charge is 2.22. The SMILES string of the molecule is CCOCc1ccc(C)c(Nc2ncc(-c3ccc(N4CCNC4=O)nc3)o2)c1. The lowest BCUT2D eigenvalue weighted by Crippen LogP contribution is -2.28. The molecule has 1 aromatic carbocycles. The predicted octanol–water partition coefficient (Wildman–Crippen LogP) is 3.85. The van der Waals surface area contributed by atoms with Crippen LogP contribution in [0, 0.1) is 6.92 Å². The average molecular weight is 393 g/mol. The van der Waals surface area contributed by atoms with Gasteiger partial charge in [0.25, 0.3) is 6.01 Å². The van der Waals surface area contributed by atoms with Crippen LogP contribution in [0.4, 0.5) is 22.3 Å². The number of anilines is 3. The molecule has 8 nitrogen and oxygen atoms in total. The number of benzene rings is 1. The molecule has 3 heterocycles. The number of pyridine rings is 1. The van der Waals surface area contributed by atoms with Crippen molar-refractivity contribution in [1.82, 2.24) is 15.3 Å². The Bertz CT molecular complexity index is 1000. The lowest BCUT2D eigenvalue weighted by Gasteiger charge is -2.12. The highest BCUT2D eigenvalue weighted by molar-refractivity contribution is 5.93. The summed E-state index contributed by atoms with van der Waals surface area (Å²) in [4.78, 5) is 22.1. The second kappa shape index (κ2) is 8.32. The van der Waals surface area contributed by atoms with E-state index < -0.39 is 0 Å². The molecule has 150 valence electrons. The van der Waals surface area contributed by atoms with Crippen LogP contribution in [0.5, 0.6) is 0 Å². The Balaban J connectivity index is 1.48. The summed E-state index contributed by atoms with van der Waals surface area (Å²) in [6.07, 6.45) is 3.33. The van der Waals surface area contributed by atoms with Crippen molar-refractivity contribution in [2.24, 2.45) is 0 Å². The molecular formula is C21H23N5O3. The van der Waals surface area contributed by atoms with Gasteiger partial charge in [0.2, 0.25) is 0 Å². The van der Waals surface area contributed by atoms with Gasteiger partial charge in [-0.15, -0.1) is 0 Å². The number of hydrogen-bond donors (Lipinski definition) is 2. The van der Waals surface area contributed by atoms with Crippen LogP contribution < -0.4 is 15.5 Å². The van der Waals surface area contributed by atoms with Crippen LogP contribution in [0.2, 0.25) is 0 Å². The van der Waals surface area contributed by atoms with E-state index in [2.05, 4.69) is 20.6 Å². The smallest absolute Gasteiger partial charge is 0.323 e. The van der Waals surface area contributed by atoms with Crippen molar-refractivity contribution < 1.29 is 13.9 Å². The Morgan fingerprint density at radius 3 is 2.86 bits per heavy atom. The van der Waals surface area contributed by atoms with Gasteiger partial charge in [0.05, 0.1) is 12.8 Å². The maximum Gasteiger partial charge on any atom is 0.323 e. The third-order valence-electron chi connectivity index (χ3n) is 4.69. The first-order valence-corrected chi connectivity index (χ1v) is 9.56. The number of ether oxygens (including phenoxy) is 1. The summed E-state index contributed by atoms with van der Waals surface area (Å²) in [7, 11) is 0. The van der Waals surface area contributed by atoms with Crippen LogP contribution in [0.25, 0.3) is 11.3 Å². The van der Waals surface area contributed by atoms with Crippen LogP contribution >= 0.6 is 0 Å². The van der Waals surface area contributed by atoms with Gasteiger partial charge in [-0.25, -0.2) is 14.8 Å². The van der Waals surface area contributed by atoms with Gasteiger partial charge in [-0.3, -0.25) is 4.90 Å². The molecule has 2 aromatic heterocycles. The molecule has 29 heavy (non-hydrogen) atoms. The van der Waals surface area contributed by atoms with Gasteiger partial charge < -0.3 is 19.8 Å². The van der Waals surface area contributed by atoms with Crippen molar-refractivity contribution in [1.29, 1.82) is 0 Å². The maximum atomic E-state index is 11.7. The summed E-state index contributed by atoms with van der Waals surface area (Å²) in [5.74, 6) is 1.21. The van der Waals surface area contributed by atoms with Gasteiger partial charge in [-0.2, -0.15) is 0 Å². The molecule has 0 bridgehead atoms. The zero-order chi connectivity index (χ0) is 20.2. The number of oxazole rings is 1. The largest absolute Gasteiger partial charge is 0.423 e. The molecule has 1 fully saturated rings. The first kappa shape index (κ1) is 18.9. The molecule has 3 aromatic rings. The molecule has 0 radical (unpaired) electrons. The monoisotopic (exact) mass is 393 g/mol. The highest BCUT2D eigenvalue weighted by atomic mass is 16.5. The van der Waals surface area contributed by atoms with Gasteiger partial charge in [0.1, 0.15) is 5.82 Å². The predicted molar refractivity (Wildman–Crippen MR) is 110 cm³/mol. The lowest BCUT2D eigenvalue weighted by molar-refractivity contribution is 0.134. The Labute approximate surface area is 168 Å². The third-order valence-corrected chi connectivity index (χ3v) is 4.69. The topological polar surface area (TPSA) is 92.5 Å². The number of aromatic nitrogens is 2. The number of rotatable bonds is 7. The highest BCUT2D eigenvalue weighted by Crippen LogP contribution is 2.27. The minimum Gasteiger partial charge on any atom is -0.423 e. The van der Waals surface area contributed by atoms with Gasteiger partial charge >= 0.3 is 6.03 Å². The van der Waals surface area contributed by atoms with Crippen LogP contribution in [0.15, 0.2) is 47.1 Å². The number of carbonyl (C=O) groups excluding carboxylic acids is 1. The minimum atomic E-state index is -0.127. The molecule has 0 spiro atoms. The van der Waals surface area contributed by atoms with Gasteiger partial charge in [0, 0.05) is 37.1 Å². The molecule has 0 aliphatic carbocycles. The third kappa shape index (κ3) is 4.22. The quantitative estimate of drug-likeness (QED) is 0.633. The summed E-state index contributed by atoms with van der Waals surface area (Å²) >= 11 is 0. The van der Waals surface area contributed by atoms with Crippen LogP contribution in [-0.2, 0) is 11.3 Å². The zero-order valence-electron chi connectivity index (χ0n) is 16.4. The summed E-state index contributed by atoms with van der Waals surface area (Å²) in [6, 6.07) is 10.1. The Morgan fingerprint density at radius 2 is 2.14 bits per heavy atom. The maximum absolute atomic E-state index is 11.7. The molecule has 8 heteroatoms. The summed E-state index contributed by atoms with van der Waals surface area (Å²) in [6.45, 7) is 6.48. The van der Waals surface area contributed by atoms with Crippen molar-refractivity contribution in [2.75, 3.05) is 29.9 Å². The Hall–Kier alpha value is -3.39. The van der Waals surface area contributed by atoms with E-state index in [1.54, 1.807) is 23.4 Å². The van der Waals surface area contributed by atoms with Crippen LogP contribution in [-0.4, -0.2) is 35.7 Å². The van der Waals surface area contributed by atoms with Gasteiger partial charge in [0.15, 0.2) is 5.76 Å². The Morgan fingerprint density at radius 1 is 1.24 bits per heavy atom. The second-order valence-corrected chi connectivity index (χ2v) is 6.73. The van der Waals surface area contributed by atoms with E-state index in [0.29, 0.717) is 43.9 Å². The molecule has 1 aliphatic heterocycles. The summed E-state index contributed by atoms with van der Waals surface area (Å²) < 4.78 is 11.3. The molecule has 0 unspecified atom stereocenters. The number of hydrogen-bond acceptors (Lipinski definition) is 6. The number of nitrogens with one attached hydrogen (secondary N) is 2. The number of nitrogens with zero attached hydrogens (tertiary/aromatic N) is 3. The van der Waals surface area contributed by atoms with Crippen molar-refractivity contribution in [3.05, 3.63) is 53.9 Å². The van der Waals surface area contributed by atoms with Gasteiger partial charge in [-0.1, -0.05) is 12.1 Å². The average Bonchev–Trinajstić information content (AvgIpc) is 3.38. The van der Waals surface area contributed by atoms with E-state index in [1.807, 2.05) is 38.1 Å². The fourth-order valence-corrected chi connectivity index (χ4v) is 3.08. The first-order chi connectivity index (χ1) is 14.1. The molecule has 0 atom stereocenters. The molecule has 4 rings (SSSR count). The molecular weight excluding hydrogens is 370 g/mol. The fraction of sp³-hybridized carbons (Fsp3) is 0.286. The molecule has 1 saturated heterocycles. The van der Waals surface area contributed by atoms with Crippen molar-refractivity contribution in [3.63, 3.8) is 0 Å². The van der Waals surface area contributed by atoms with E-state index >= 15 is 0 Å². The van der Waals surface area contributed by atoms with E-state index in [4.69, 9.17) is 9.15 Å². The number of amides is 2. The molecule has 1 aliphatic rings. The van der Waals surface area contributed by atoms with E-state index in [1.165, 1.54) is 0 Å². The van der Waals surface area contributed by atoms with E-state index in [9.17, 15) is 4.79 Å². The van der Waals surface area contributed by atoms with E-state index in [0.717, 1.165) is 22.4 Å². The number of carbonyl (C=O) groups is 1. The summed E-state index contributed by atoms with van der Waals surface area (Å²) in [5, 5.41) is 5.99. The molecule has 2 amide bonds. The van der Waals surface area contributed by atoms with Crippen molar-refractivity contribution in [2.45, 2.75) is 20.5 Å². The normalized spacial score (nSPS) is 13.6. The lowest BCUT2D eigenvalue weighted by atomic mass is 10.1. The first-order valence-electron chi connectivity index (χ1n) is 9.56. The van der Waals surface area contributed by atoms with Crippen molar-refractivity contribution >= 4 is 23.6 Å². The minimum absolute atomic E-state index is 0.127. The fourth-order valence-electron chi connectivity index (χ4n) is 3.08. The summed E-state index contributed by atoms with van der Waals surface area (Å²) in [5.41, 5.74) is 3.87. The molecule has 2 N–H and O–H groups in total. The van der Waals surface area contributed by atoms with Crippen molar-refractivity contribution in [3.8, 4) is 11.3 Å².